The second-order valence-corrected chi connectivity index (χ2v) is 5.49. The fourth-order valence-electron chi connectivity index (χ4n) is 2.66. The van der Waals surface area contributed by atoms with Crippen LogP contribution in [-0.2, 0) is 11.2 Å². The molecule has 1 amide bonds. The number of nitrogens with one attached hydrogen (secondary N) is 2. The maximum Gasteiger partial charge on any atom is 0.228 e. The summed E-state index contributed by atoms with van der Waals surface area (Å²) in [7, 11) is 1.57. The van der Waals surface area contributed by atoms with Gasteiger partial charge in [-0.2, -0.15) is 0 Å². The van der Waals surface area contributed by atoms with Gasteiger partial charge < -0.3 is 15.0 Å². The second kappa shape index (κ2) is 6.31. The van der Waals surface area contributed by atoms with Crippen LogP contribution in [0.3, 0.4) is 0 Å². The first kappa shape index (κ1) is 16.0. The van der Waals surface area contributed by atoms with Crippen molar-refractivity contribution in [1.82, 2.24) is 4.98 Å². The van der Waals surface area contributed by atoms with Crippen molar-refractivity contribution >= 4 is 22.5 Å². The van der Waals surface area contributed by atoms with Gasteiger partial charge in [-0.3, -0.25) is 4.79 Å². The number of aryl methyl sites for hydroxylation is 1. The Labute approximate surface area is 137 Å². The standard InChI is InChI=1S/C18H16F2N2O2/c1-10-13(14-8-12(24-2)4-6-16(14)21-10)9-18(23)22-17-5-3-11(19)7-15(17)20/h3-8,21H,9H2,1-2H3,(H,22,23). The van der Waals surface area contributed by atoms with E-state index in [0.29, 0.717) is 5.75 Å². The van der Waals surface area contributed by atoms with Crippen molar-refractivity contribution in [1.29, 1.82) is 0 Å². The first-order chi connectivity index (χ1) is 11.5. The summed E-state index contributed by atoms with van der Waals surface area (Å²) in [6.45, 7) is 1.87. The zero-order valence-corrected chi connectivity index (χ0v) is 13.2. The summed E-state index contributed by atoms with van der Waals surface area (Å²) in [6, 6.07) is 8.59. The van der Waals surface area contributed by atoms with Crippen LogP contribution in [-0.4, -0.2) is 18.0 Å². The monoisotopic (exact) mass is 330 g/mol. The number of methoxy groups -OCH3 is 1. The molecule has 0 aliphatic heterocycles. The van der Waals surface area contributed by atoms with Crippen molar-refractivity contribution in [3.63, 3.8) is 0 Å². The predicted octanol–water partition coefficient (Wildman–Crippen LogP) is 3.94. The van der Waals surface area contributed by atoms with Crippen molar-refractivity contribution in [3.8, 4) is 5.75 Å². The summed E-state index contributed by atoms with van der Waals surface area (Å²) in [6.07, 6.45) is 0.0653. The van der Waals surface area contributed by atoms with Gasteiger partial charge in [0.1, 0.15) is 17.4 Å². The normalized spacial score (nSPS) is 10.8. The molecule has 3 rings (SSSR count). The smallest absolute Gasteiger partial charge is 0.228 e. The second-order valence-electron chi connectivity index (χ2n) is 5.49. The highest BCUT2D eigenvalue weighted by molar-refractivity contribution is 5.96. The summed E-state index contributed by atoms with van der Waals surface area (Å²) in [5.41, 5.74) is 2.51. The molecule has 3 aromatic rings. The van der Waals surface area contributed by atoms with Crippen molar-refractivity contribution in [3.05, 3.63) is 59.3 Å². The molecule has 1 aromatic heterocycles. The zero-order valence-electron chi connectivity index (χ0n) is 13.2. The van der Waals surface area contributed by atoms with E-state index in [1.165, 1.54) is 6.07 Å². The molecule has 0 spiro atoms. The van der Waals surface area contributed by atoms with Crippen molar-refractivity contribution in [2.45, 2.75) is 13.3 Å². The molecule has 0 unspecified atom stereocenters. The number of H-pyrrole nitrogens is 1. The van der Waals surface area contributed by atoms with Gasteiger partial charge in [0.15, 0.2) is 0 Å². The molecule has 0 saturated carbocycles. The van der Waals surface area contributed by atoms with Crippen LogP contribution >= 0.6 is 0 Å². The number of fused-ring (bicyclic) bond motifs is 1. The number of ether oxygens (including phenoxy) is 1. The average Bonchev–Trinajstić information content (AvgIpc) is 2.85. The highest BCUT2D eigenvalue weighted by Gasteiger charge is 2.15. The number of carbonyl (C=O) groups is 1. The largest absolute Gasteiger partial charge is 0.497 e. The zero-order chi connectivity index (χ0) is 17.3. The number of halogens is 2. The third-order valence-electron chi connectivity index (χ3n) is 3.87. The number of aromatic nitrogens is 1. The van der Waals surface area contributed by atoms with E-state index in [1.54, 1.807) is 7.11 Å². The molecule has 0 bridgehead atoms. The first-order valence-corrected chi connectivity index (χ1v) is 7.38. The van der Waals surface area contributed by atoms with E-state index < -0.39 is 11.6 Å². The lowest BCUT2D eigenvalue weighted by molar-refractivity contribution is -0.115. The average molecular weight is 330 g/mol. The molecule has 4 nitrogen and oxygen atoms in total. The molecule has 2 aromatic carbocycles. The summed E-state index contributed by atoms with van der Waals surface area (Å²) in [5, 5.41) is 3.35. The van der Waals surface area contributed by atoms with Crippen molar-refractivity contribution < 1.29 is 18.3 Å². The minimum absolute atomic E-state index is 0.0449. The van der Waals surface area contributed by atoms with Gasteiger partial charge in [0.05, 0.1) is 19.2 Å². The lowest BCUT2D eigenvalue weighted by atomic mass is 10.1. The number of anilines is 1. The molecule has 1 heterocycles. The fraction of sp³-hybridized carbons (Fsp3) is 0.167. The minimum Gasteiger partial charge on any atom is -0.497 e. The van der Waals surface area contributed by atoms with Gasteiger partial charge in [-0.05, 0) is 42.8 Å². The number of hydrogen-bond donors (Lipinski definition) is 2. The molecular weight excluding hydrogens is 314 g/mol. The van der Waals surface area contributed by atoms with Gasteiger partial charge in [0, 0.05) is 22.7 Å². The quantitative estimate of drug-likeness (QED) is 0.761. The highest BCUT2D eigenvalue weighted by atomic mass is 19.1. The lowest BCUT2D eigenvalue weighted by Crippen LogP contribution is -2.15. The SMILES string of the molecule is COc1ccc2[nH]c(C)c(CC(=O)Nc3ccc(F)cc3F)c2c1. The van der Waals surface area contributed by atoms with Crippen LogP contribution in [0.15, 0.2) is 36.4 Å². The molecule has 0 aliphatic carbocycles. The van der Waals surface area contributed by atoms with Crippen LogP contribution in [0, 0.1) is 18.6 Å². The Bertz CT molecular complexity index is 919. The van der Waals surface area contributed by atoms with E-state index in [4.69, 9.17) is 4.74 Å². The number of hydrogen-bond acceptors (Lipinski definition) is 2. The summed E-state index contributed by atoms with van der Waals surface area (Å²) < 4.78 is 31.8. The van der Waals surface area contributed by atoms with Gasteiger partial charge in [-0.15, -0.1) is 0 Å². The van der Waals surface area contributed by atoms with Crippen molar-refractivity contribution in [2.75, 3.05) is 12.4 Å². The van der Waals surface area contributed by atoms with E-state index in [1.807, 2.05) is 25.1 Å². The van der Waals surface area contributed by atoms with Gasteiger partial charge >= 0.3 is 0 Å². The van der Waals surface area contributed by atoms with E-state index in [9.17, 15) is 13.6 Å². The van der Waals surface area contributed by atoms with Crippen LogP contribution in [0.2, 0.25) is 0 Å². The maximum atomic E-state index is 13.6. The Hall–Kier alpha value is -2.89. The number of benzene rings is 2. The van der Waals surface area contributed by atoms with E-state index >= 15 is 0 Å². The van der Waals surface area contributed by atoms with Gasteiger partial charge in [-0.1, -0.05) is 0 Å². The number of carbonyl (C=O) groups excluding carboxylic acids is 1. The molecule has 0 saturated heterocycles. The van der Waals surface area contributed by atoms with Gasteiger partial charge in [-0.25, -0.2) is 8.78 Å². The van der Waals surface area contributed by atoms with Gasteiger partial charge in [0.25, 0.3) is 0 Å². The highest BCUT2D eigenvalue weighted by Crippen LogP contribution is 2.27. The number of amides is 1. The maximum absolute atomic E-state index is 13.6. The van der Waals surface area contributed by atoms with Crippen LogP contribution in [0.1, 0.15) is 11.3 Å². The molecule has 0 radical (unpaired) electrons. The van der Waals surface area contributed by atoms with Crippen molar-refractivity contribution in [2.24, 2.45) is 0 Å². The molecule has 0 atom stereocenters. The number of rotatable bonds is 4. The molecular formula is C18H16F2N2O2. The molecule has 124 valence electrons. The lowest BCUT2D eigenvalue weighted by Gasteiger charge is -2.07. The third kappa shape index (κ3) is 3.08. The Morgan fingerprint density at radius 3 is 2.71 bits per heavy atom. The molecule has 6 heteroatoms. The first-order valence-electron chi connectivity index (χ1n) is 7.38. The Morgan fingerprint density at radius 1 is 1.21 bits per heavy atom. The van der Waals surface area contributed by atoms with Gasteiger partial charge in [0.2, 0.25) is 5.91 Å². The van der Waals surface area contributed by atoms with E-state index in [0.717, 1.165) is 34.3 Å². The summed E-state index contributed by atoms with van der Waals surface area (Å²) in [4.78, 5) is 15.5. The molecule has 24 heavy (non-hydrogen) atoms. The van der Waals surface area contributed by atoms with Crippen LogP contribution < -0.4 is 10.1 Å². The topological polar surface area (TPSA) is 54.1 Å². The Kier molecular flexibility index (Phi) is 4.20. The van der Waals surface area contributed by atoms with E-state index in [-0.39, 0.29) is 18.0 Å². The predicted molar refractivity (Wildman–Crippen MR) is 88.3 cm³/mol. The van der Waals surface area contributed by atoms with E-state index in [2.05, 4.69) is 10.3 Å². The Morgan fingerprint density at radius 2 is 2.00 bits per heavy atom. The fourth-order valence-corrected chi connectivity index (χ4v) is 2.66. The molecule has 0 fully saturated rings. The Balaban J connectivity index is 1.86. The number of aromatic amines is 1. The summed E-state index contributed by atoms with van der Waals surface area (Å²) in [5.74, 6) is -1.19. The van der Waals surface area contributed by atoms with Crippen LogP contribution in [0.4, 0.5) is 14.5 Å². The summed E-state index contributed by atoms with van der Waals surface area (Å²) >= 11 is 0. The minimum atomic E-state index is -0.805. The third-order valence-corrected chi connectivity index (χ3v) is 3.87. The van der Waals surface area contributed by atoms with Crippen LogP contribution in [0.5, 0.6) is 5.75 Å². The van der Waals surface area contributed by atoms with Crippen LogP contribution in [0.25, 0.3) is 10.9 Å². The molecule has 2 N–H and O–H groups in total. The molecule has 0 aliphatic rings.